The predicted molar refractivity (Wildman–Crippen MR) is 128 cm³/mol. The number of carbonyl (C=O) groups is 1. The first-order chi connectivity index (χ1) is 15.9. The van der Waals surface area contributed by atoms with E-state index >= 15 is 0 Å². The van der Waals surface area contributed by atoms with Gasteiger partial charge in [-0.2, -0.15) is 4.31 Å². The van der Waals surface area contributed by atoms with Crippen molar-refractivity contribution >= 4 is 44.7 Å². The molecule has 2 amide bonds. The quantitative estimate of drug-likeness (QED) is 0.542. The maximum Gasteiger partial charge on any atom is 0.323 e. The van der Waals surface area contributed by atoms with Crippen molar-refractivity contribution in [3.63, 3.8) is 0 Å². The van der Waals surface area contributed by atoms with E-state index in [0.717, 1.165) is 19.4 Å². The summed E-state index contributed by atoms with van der Waals surface area (Å²) in [5.41, 5.74) is 1.52. The first-order valence-electron chi connectivity index (χ1n) is 10.8. The normalized spacial score (nSPS) is 19.2. The lowest BCUT2D eigenvalue weighted by Gasteiger charge is -2.26. The van der Waals surface area contributed by atoms with Gasteiger partial charge < -0.3 is 25.4 Å². The molecule has 2 saturated heterocycles. The fourth-order valence-corrected chi connectivity index (χ4v) is 5.29. The molecule has 2 heterocycles. The largest absolute Gasteiger partial charge is 0.381 e. The lowest BCUT2D eigenvalue weighted by atomic mass is 10.2. The molecule has 0 bridgehead atoms. The number of sulfonamides is 1. The molecule has 2 aliphatic heterocycles. The van der Waals surface area contributed by atoms with Gasteiger partial charge in [0.05, 0.1) is 35.6 Å². The van der Waals surface area contributed by atoms with E-state index in [0.29, 0.717) is 54.9 Å². The molecular weight excluding hydrogens is 468 g/mol. The van der Waals surface area contributed by atoms with E-state index < -0.39 is 16.1 Å². The van der Waals surface area contributed by atoms with Crippen molar-refractivity contribution < 1.29 is 22.7 Å². The van der Waals surface area contributed by atoms with Gasteiger partial charge in [-0.25, -0.2) is 13.2 Å². The number of anilines is 3. The van der Waals surface area contributed by atoms with Gasteiger partial charge in [0.2, 0.25) is 10.0 Å². The van der Waals surface area contributed by atoms with Crippen LogP contribution in [0.4, 0.5) is 21.9 Å². The van der Waals surface area contributed by atoms with Gasteiger partial charge in [0.1, 0.15) is 0 Å². The van der Waals surface area contributed by atoms with Crippen LogP contribution < -0.4 is 16.0 Å². The summed E-state index contributed by atoms with van der Waals surface area (Å²) in [6.07, 6.45) is 2.05. The lowest BCUT2D eigenvalue weighted by Crippen LogP contribution is -2.40. The Kier molecular flexibility index (Phi) is 7.71. The number of hydrogen-bond acceptors (Lipinski definition) is 6. The second-order valence-electron chi connectivity index (χ2n) is 7.83. The SMILES string of the molecule is O=C(Nc1ccc(Cl)cc1)Nc1cc(S(=O)(=O)N2CCOCC2)ccc1NCC1CCCO1. The van der Waals surface area contributed by atoms with Gasteiger partial charge in [-0.1, -0.05) is 11.6 Å². The van der Waals surface area contributed by atoms with E-state index in [4.69, 9.17) is 21.1 Å². The third-order valence-corrected chi connectivity index (χ3v) is 7.64. The number of carbonyl (C=O) groups excluding carboxylic acids is 1. The highest BCUT2D eigenvalue weighted by atomic mass is 35.5. The number of nitrogens with zero attached hydrogens (tertiary/aromatic N) is 1. The Balaban J connectivity index is 1.55. The number of halogens is 1. The highest BCUT2D eigenvalue weighted by Gasteiger charge is 2.27. The molecule has 0 aliphatic carbocycles. The third-order valence-electron chi connectivity index (χ3n) is 5.49. The van der Waals surface area contributed by atoms with Crippen molar-refractivity contribution in [1.82, 2.24) is 4.31 Å². The molecule has 0 spiro atoms. The maximum absolute atomic E-state index is 13.1. The summed E-state index contributed by atoms with van der Waals surface area (Å²) in [5, 5.41) is 9.33. The number of rotatable bonds is 7. The van der Waals surface area contributed by atoms with Crippen LogP contribution >= 0.6 is 11.6 Å². The summed E-state index contributed by atoms with van der Waals surface area (Å²) >= 11 is 5.90. The second kappa shape index (κ2) is 10.7. The van der Waals surface area contributed by atoms with Crippen molar-refractivity contribution in [2.75, 3.05) is 55.4 Å². The van der Waals surface area contributed by atoms with Gasteiger partial charge in [0, 0.05) is 37.0 Å². The standard InChI is InChI=1S/C22H27ClN4O5S/c23-16-3-5-17(6-4-16)25-22(28)26-21-14-19(33(29,30)27-9-12-31-13-10-27)7-8-20(21)24-15-18-2-1-11-32-18/h3-8,14,18,24H,1-2,9-13,15H2,(H2,25,26,28). The van der Waals surface area contributed by atoms with Crippen molar-refractivity contribution in [2.45, 2.75) is 23.8 Å². The van der Waals surface area contributed by atoms with Crippen LogP contribution in [0.5, 0.6) is 0 Å². The molecule has 1 unspecified atom stereocenters. The van der Waals surface area contributed by atoms with Crippen molar-refractivity contribution in [3.05, 3.63) is 47.5 Å². The molecule has 4 rings (SSSR count). The Morgan fingerprint density at radius 2 is 1.79 bits per heavy atom. The highest BCUT2D eigenvalue weighted by molar-refractivity contribution is 7.89. The molecule has 0 saturated carbocycles. The molecule has 2 aromatic rings. The van der Waals surface area contributed by atoms with E-state index in [2.05, 4.69) is 16.0 Å². The Hall–Kier alpha value is -2.37. The summed E-state index contributed by atoms with van der Waals surface area (Å²) < 4.78 is 38.5. The van der Waals surface area contributed by atoms with E-state index in [1.165, 1.54) is 10.4 Å². The minimum absolute atomic E-state index is 0.0810. The second-order valence-corrected chi connectivity index (χ2v) is 10.2. The number of amides is 2. The average Bonchev–Trinajstić information content (AvgIpc) is 3.34. The first kappa shape index (κ1) is 23.8. The van der Waals surface area contributed by atoms with Crippen molar-refractivity contribution in [1.29, 1.82) is 0 Å². The third kappa shape index (κ3) is 6.15. The Bertz CT molecular complexity index is 1070. The minimum Gasteiger partial charge on any atom is -0.381 e. The Morgan fingerprint density at radius 1 is 1.03 bits per heavy atom. The summed E-state index contributed by atoms with van der Waals surface area (Å²) in [7, 11) is -3.72. The minimum atomic E-state index is -3.72. The zero-order valence-corrected chi connectivity index (χ0v) is 19.6. The number of benzene rings is 2. The Labute approximate surface area is 198 Å². The van der Waals surface area contributed by atoms with Crippen LogP contribution in [0.25, 0.3) is 0 Å². The number of nitrogens with one attached hydrogen (secondary N) is 3. The van der Waals surface area contributed by atoms with Crippen molar-refractivity contribution in [2.24, 2.45) is 0 Å². The molecule has 33 heavy (non-hydrogen) atoms. The van der Waals surface area contributed by atoms with Gasteiger partial charge >= 0.3 is 6.03 Å². The fourth-order valence-electron chi connectivity index (χ4n) is 3.72. The van der Waals surface area contributed by atoms with Crippen LogP contribution in [0.3, 0.4) is 0 Å². The first-order valence-corrected chi connectivity index (χ1v) is 12.6. The number of hydrogen-bond donors (Lipinski definition) is 3. The predicted octanol–water partition coefficient (Wildman–Crippen LogP) is 3.60. The molecular formula is C22H27ClN4O5S. The maximum atomic E-state index is 13.1. The van der Waals surface area contributed by atoms with E-state index in [1.807, 2.05) is 0 Å². The van der Waals surface area contributed by atoms with Crippen LogP contribution in [0.15, 0.2) is 47.4 Å². The molecule has 9 nitrogen and oxygen atoms in total. The van der Waals surface area contributed by atoms with Crippen LogP contribution in [0, 0.1) is 0 Å². The molecule has 11 heteroatoms. The van der Waals surface area contributed by atoms with Crippen LogP contribution in [0.2, 0.25) is 5.02 Å². The molecule has 1 atom stereocenters. The number of urea groups is 1. The highest BCUT2D eigenvalue weighted by Crippen LogP contribution is 2.29. The van der Waals surface area contributed by atoms with Crippen LogP contribution in [-0.2, 0) is 19.5 Å². The van der Waals surface area contributed by atoms with Crippen LogP contribution in [0.1, 0.15) is 12.8 Å². The van der Waals surface area contributed by atoms with Crippen LogP contribution in [-0.4, -0.2) is 64.3 Å². The van der Waals surface area contributed by atoms with E-state index in [1.54, 1.807) is 36.4 Å². The average molecular weight is 495 g/mol. The molecule has 2 aliphatic rings. The monoisotopic (exact) mass is 494 g/mol. The number of ether oxygens (including phenoxy) is 2. The molecule has 178 valence electrons. The zero-order chi connectivity index (χ0) is 23.3. The molecule has 0 radical (unpaired) electrons. The topological polar surface area (TPSA) is 109 Å². The molecule has 2 aromatic carbocycles. The van der Waals surface area contributed by atoms with Crippen molar-refractivity contribution in [3.8, 4) is 0 Å². The zero-order valence-electron chi connectivity index (χ0n) is 18.1. The van der Waals surface area contributed by atoms with Gasteiger partial charge in [-0.05, 0) is 55.3 Å². The number of morpholine rings is 1. The summed E-state index contributed by atoms with van der Waals surface area (Å²) in [6, 6.07) is 10.9. The van der Waals surface area contributed by atoms with E-state index in [9.17, 15) is 13.2 Å². The van der Waals surface area contributed by atoms with Gasteiger partial charge in [-0.3, -0.25) is 0 Å². The molecule has 2 fully saturated rings. The van der Waals surface area contributed by atoms with Gasteiger partial charge in [0.25, 0.3) is 0 Å². The summed E-state index contributed by atoms with van der Waals surface area (Å²) in [5.74, 6) is 0. The van der Waals surface area contributed by atoms with E-state index in [-0.39, 0.29) is 11.0 Å². The molecule has 0 aromatic heterocycles. The Morgan fingerprint density at radius 3 is 2.48 bits per heavy atom. The lowest BCUT2D eigenvalue weighted by molar-refractivity contribution is 0.0730. The summed E-state index contributed by atoms with van der Waals surface area (Å²) in [4.78, 5) is 12.8. The smallest absolute Gasteiger partial charge is 0.323 e. The molecule has 3 N–H and O–H groups in total. The summed E-state index contributed by atoms with van der Waals surface area (Å²) in [6.45, 7) is 2.59. The fraction of sp³-hybridized carbons (Fsp3) is 0.409. The van der Waals surface area contributed by atoms with Gasteiger partial charge in [0.15, 0.2) is 0 Å². The van der Waals surface area contributed by atoms with Gasteiger partial charge in [-0.15, -0.1) is 0 Å².